The van der Waals surface area contributed by atoms with Crippen molar-refractivity contribution in [1.82, 2.24) is 0 Å². The molecule has 2 aromatic rings. The van der Waals surface area contributed by atoms with Crippen LogP contribution in [0.4, 0.5) is 4.39 Å². The number of hydrogen-bond donors (Lipinski definition) is 1. The highest BCUT2D eigenvalue weighted by atomic mass is 35.5. The second-order valence-corrected chi connectivity index (χ2v) is 4.59. The van der Waals surface area contributed by atoms with Crippen molar-refractivity contribution in [3.05, 3.63) is 58.4 Å². The molecule has 0 atom stereocenters. The summed E-state index contributed by atoms with van der Waals surface area (Å²) in [6.07, 6.45) is 0. The van der Waals surface area contributed by atoms with E-state index in [2.05, 4.69) is 0 Å². The van der Waals surface area contributed by atoms with Gasteiger partial charge in [-0.05, 0) is 35.4 Å². The molecular weight excluding hydrogens is 283 g/mol. The molecule has 2 aromatic carbocycles. The van der Waals surface area contributed by atoms with E-state index in [1.807, 2.05) is 0 Å². The van der Waals surface area contributed by atoms with E-state index in [1.54, 1.807) is 24.3 Å². The van der Waals surface area contributed by atoms with Crippen molar-refractivity contribution < 1.29 is 19.0 Å². The molecule has 20 heavy (non-hydrogen) atoms. The minimum Gasteiger partial charge on any atom is -0.493 e. The van der Waals surface area contributed by atoms with Crippen LogP contribution in [0.25, 0.3) is 0 Å². The molecule has 0 aliphatic rings. The summed E-state index contributed by atoms with van der Waals surface area (Å²) < 4.78 is 23.9. The van der Waals surface area contributed by atoms with Crippen LogP contribution < -0.4 is 9.47 Å². The highest BCUT2D eigenvalue weighted by Gasteiger charge is 2.07. The summed E-state index contributed by atoms with van der Waals surface area (Å²) in [7, 11) is 1.54. The van der Waals surface area contributed by atoms with Crippen LogP contribution in [0.1, 0.15) is 11.1 Å². The van der Waals surface area contributed by atoms with Crippen molar-refractivity contribution in [1.29, 1.82) is 0 Å². The lowest BCUT2D eigenvalue weighted by Gasteiger charge is -2.12. The Morgan fingerprint density at radius 2 is 1.85 bits per heavy atom. The molecule has 0 saturated carbocycles. The Bertz CT molecular complexity index is 602. The van der Waals surface area contributed by atoms with Crippen LogP contribution >= 0.6 is 11.6 Å². The maximum atomic E-state index is 13.1. The van der Waals surface area contributed by atoms with Gasteiger partial charge < -0.3 is 14.6 Å². The monoisotopic (exact) mass is 296 g/mol. The molecule has 1 N–H and O–H groups in total. The molecule has 0 aromatic heterocycles. The van der Waals surface area contributed by atoms with Crippen molar-refractivity contribution >= 4 is 11.6 Å². The van der Waals surface area contributed by atoms with Crippen molar-refractivity contribution in [3.63, 3.8) is 0 Å². The second kappa shape index (κ2) is 6.59. The quantitative estimate of drug-likeness (QED) is 0.917. The first kappa shape index (κ1) is 14.6. The third-order valence-corrected chi connectivity index (χ3v) is 3.08. The molecule has 0 saturated heterocycles. The van der Waals surface area contributed by atoms with Gasteiger partial charge in [0.25, 0.3) is 0 Å². The maximum Gasteiger partial charge on any atom is 0.162 e. The predicted octanol–water partition coefficient (Wildman–Crippen LogP) is 3.56. The third kappa shape index (κ3) is 3.40. The topological polar surface area (TPSA) is 38.7 Å². The molecule has 3 nitrogen and oxygen atoms in total. The molecule has 0 radical (unpaired) electrons. The molecule has 5 heteroatoms. The Hall–Kier alpha value is -1.78. The Morgan fingerprint density at radius 3 is 2.50 bits per heavy atom. The molecule has 0 bridgehead atoms. The van der Waals surface area contributed by atoms with E-state index in [-0.39, 0.29) is 18.2 Å². The SMILES string of the molecule is COc1ccc(CO)cc1OCc1ccc(F)c(Cl)c1. The van der Waals surface area contributed by atoms with Crippen LogP contribution in [0, 0.1) is 5.82 Å². The Kier molecular flexibility index (Phi) is 4.82. The first-order valence-electron chi connectivity index (χ1n) is 5.98. The zero-order valence-corrected chi connectivity index (χ0v) is 11.7. The van der Waals surface area contributed by atoms with E-state index in [1.165, 1.54) is 19.2 Å². The number of hydrogen-bond acceptors (Lipinski definition) is 3. The number of benzene rings is 2. The minimum atomic E-state index is -0.463. The third-order valence-electron chi connectivity index (χ3n) is 2.79. The zero-order valence-electron chi connectivity index (χ0n) is 10.9. The van der Waals surface area contributed by atoms with Gasteiger partial charge in [-0.1, -0.05) is 23.7 Å². The average Bonchev–Trinajstić information content (AvgIpc) is 2.48. The van der Waals surface area contributed by atoms with Gasteiger partial charge in [0.15, 0.2) is 11.5 Å². The fourth-order valence-electron chi connectivity index (χ4n) is 1.72. The van der Waals surface area contributed by atoms with E-state index in [4.69, 9.17) is 26.2 Å². The smallest absolute Gasteiger partial charge is 0.162 e. The number of halogens is 2. The number of aliphatic hydroxyl groups excluding tert-OH is 1. The van der Waals surface area contributed by atoms with Crippen LogP contribution in [0.2, 0.25) is 5.02 Å². The molecular formula is C15H14ClFO3. The van der Waals surface area contributed by atoms with E-state index in [9.17, 15) is 4.39 Å². The molecule has 0 fully saturated rings. The van der Waals surface area contributed by atoms with Gasteiger partial charge in [-0.2, -0.15) is 0 Å². The van der Waals surface area contributed by atoms with Gasteiger partial charge in [0.2, 0.25) is 0 Å². The van der Waals surface area contributed by atoms with Gasteiger partial charge in [0, 0.05) is 0 Å². The lowest BCUT2D eigenvalue weighted by atomic mass is 10.2. The Labute approximate surface area is 121 Å². The number of aliphatic hydroxyl groups is 1. The highest BCUT2D eigenvalue weighted by Crippen LogP contribution is 2.29. The normalized spacial score (nSPS) is 10.4. The lowest BCUT2D eigenvalue weighted by molar-refractivity contribution is 0.271. The van der Waals surface area contributed by atoms with E-state index in [0.717, 1.165) is 11.1 Å². The van der Waals surface area contributed by atoms with Crippen molar-refractivity contribution in [2.45, 2.75) is 13.2 Å². The van der Waals surface area contributed by atoms with Gasteiger partial charge >= 0.3 is 0 Å². The van der Waals surface area contributed by atoms with Crippen molar-refractivity contribution in [3.8, 4) is 11.5 Å². The predicted molar refractivity (Wildman–Crippen MR) is 74.7 cm³/mol. The number of rotatable bonds is 5. The molecule has 0 aliphatic carbocycles. The molecule has 0 spiro atoms. The van der Waals surface area contributed by atoms with Crippen LogP contribution in [-0.2, 0) is 13.2 Å². The van der Waals surface area contributed by atoms with Crippen molar-refractivity contribution in [2.24, 2.45) is 0 Å². The summed E-state index contributed by atoms with van der Waals surface area (Å²) in [5.41, 5.74) is 1.46. The number of methoxy groups -OCH3 is 1. The molecule has 0 amide bonds. The van der Waals surface area contributed by atoms with Crippen molar-refractivity contribution in [2.75, 3.05) is 7.11 Å². The van der Waals surface area contributed by atoms with E-state index < -0.39 is 5.82 Å². The summed E-state index contributed by atoms with van der Waals surface area (Å²) in [6.45, 7) is 0.147. The molecule has 2 rings (SSSR count). The standard InChI is InChI=1S/C15H14ClFO3/c1-19-14-5-3-10(8-18)7-15(14)20-9-11-2-4-13(17)12(16)6-11/h2-7,18H,8-9H2,1H3. The second-order valence-electron chi connectivity index (χ2n) is 4.18. The van der Waals surface area contributed by atoms with Gasteiger partial charge in [-0.3, -0.25) is 0 Å². The summed E-state index contributed by atoms with van der Waals surface area (Å²) in [4.78, 5) is 0. The average molecular weight is 297 g/mol. The summed E-state index contributed by atoms with van der Waals surface area (Å²) in [5, 5.41) is 9.18. The van der Waals surface area contributed by atoms with Gasteiger partial charge in [-0.15, -0.1) is 0 Å². The van der Waals surface area contributed by atoms with Crippen LogP contribution in [0.15, 0.2) is 36.4 Å². The van der Waals surface area contributed by atoms with Gasteiger partial charge in [0.05, 0.1) is 18.7 Å². The molecule has 106 valence electrons. The lowest BCUT2D eigenvalue weighted by Crippen LogP contribution is -1.99. The zero-order chi connectivity index (χ0) is 14.5. The molecule has 0 unspecified atom stereocenters. The molecule has 0 heterocycles. The van der Waals surface area contributed by atoms with E-state index in [0.29, 0.717) is 11.5 Å². The van der Waals surface area contributed by atoms with Crippen LogP contribution in [0.3, 0.4) is 0 Å². The number of ether oxygens (including phenoxy) is 2. The van der Waals surface area contributed by atoms with Gasteiger partial charge in [0.1, 0.15) is 12.4 Å². The van der Waals surface area contributed by atoms with Gasteiger partial charge in [-0.25, -0.2) is 4.39 Å². The largest absolute Gasteiger partial charge is 0.493 e. The van der Waals surface area contributed by atoms with E-state index >= 15 is 0 Å². The maximum absolute atomic E-state index is 13.1. The summed E-state index contributed by atoms with van der Waals surface area (Å²) in [6, 6.07) is 9.58. The van der Waals surface area contributed by atoms with Crippen LogP contribution in [0.5, 0.6) is 11.5 Å². The first-order chi connectivity index (χ1) is 9.63. The fraction of sp³-hybridized carbons (Fsp3) is 0.200. The Morgan fingerprint density at radius 1 is 1.10 bits per heavy atom. The molecule has 0 aliphatic heterocycles. The first-order valence-corrected chi connectivity index (χ1v) is 6.36. The minimum absolute atomic E-state index is 0.0576. The highest BCUT2D eigenvalue weighted by molar-refractivity contribution is 6.30. The van der Waals surface area contributed by atoms with Crippen LogP contribution in [-0.4, -0.2) is 12.2 Å². The fourth-order valence-corrected chi connectivity index (χ4v) is 1.93. The Balaban J connectivity index is 2.15. The summed E-state index contributed by atoms with van der Waals surface area (Å²) >= 11 is 5.71. The summed E-state index contributed by atoms with van der Waals surface area (Å²) in [5.74, 6) is 0.616.